The molecule has 1 aromatic carbocycles. The lowest BCUT2D eigenvalue weighted by atomic mass is 9.98. The summed E-state index contributed by atoms with van der Waals surface area (Å²) in [6.45, 7) is 3.38. The van der Waals surface area contributed by atoms with E-state index in [2.05, 4.69) is 0 Å². The molecule has 1 aliphatic rings. The van der Waals surface area contributed by atoms with Gasteiger partial charge in [0.15, 0.2) is 0 Å². The Labute approximate surface area is 140 Å². The van der Waals surface area contributed by atoms with Crippen LogP contribution in [-0.2, 0) is 9.53 Å². The Morgan fingerprint density at radius 2 is 2.04 bits per heavy atom. The monoisotopic (exact) mass is 337 g/mol. The third kappa shape index (κ3) is 4.46. The van der Waals surface area contributed by atoms with Crippen LogP contribution in [0.3, 0.4) is 0 Å². The van der Waals surface area contributed by atoms with Gasteiger partial charge in [0.2, 0.25) is 0 Å². The smallest absolute Gasteiger partial charge is 0.326 e. The van der Waals surface area contributed by atoms with E-state index in [-0.39, 0.29) is 13.0 Å². The number of amides is 1. The van der Waals surface area contributed by atoms with E-state index < -0.39 is 24.0 Å². The second-order valence-electron chi connectivity index (χ2n) is 5.57. The van der Waals surface area contributed by atoms with Crippen molar-refractivity contribution in [2.75, 3.05) is 26.4 Å². The molecule has 7 nitrogen and oxygen atoms in total. The Hall–Kier alpha value is -2.12. The Balaban J connectivity index is 2.14. The minimum Gasteiger partial charge on any atom is -0.490 e. The van der Waals surface area contributed by atoms with Gasteiger partial charge in [-0.3, -0.25) is 4.79 Å². The molecule has 1 heterocycles. The van der Waals surface area contributed by atoms with Crippen molar-refractivity contribution in [1.82, 2.24) is 4.90 Å². The molecule has 1 amide bonds. The first kappa shape index (κ1) is 18.2. The number of carbonyl (C=O) groups excluding carboxylic acids is 1. The number of carbonyl (C=O) groups is 2. The third-order valence-corrected chi connectivity index (χ3v) is 3.93. The predicted octanol–water partition coefficient (Wildman–Crippen LogP) is 1.15. The van der Waals surface area contributed by atoms with Crippen molar-refractivity contribution in [3.05, 3.63) is 29.8 Å². The van der Waals surface area contributed by atoms with E-state index in [9.17, 15) is 19.8 Å². The van der Waals surface area contributed by atoms with Crippen LogP contribution in [0.4, 0.5) is 0 Å². The summed E-state index contributed by atoms with van der Waals surface area (Å²) in [7, 11) is 0. The number of likely N-dealkylation sites (tertiary alicyclic amines) is 1. The van der Waals surface area contributed by atoms with E-state index >= 15 is 0 Å². The lowest BCUT2D eigenvalue weighted by molar-refractivity contribution is -0.145. The molecule has 0 bridgehead atoms. The maximum absolute atomic E-state index is 12.8. The number of aliphatic carboxylic acids is 1. The number of ether oxygens (including phenoxy) is 2. The van der Waals surface area contributed by atoms with Crippen LogP contribution >= 0.6 is 0 Å². The summed E-state index contributed by atoms with van der Waals surface area (Å²) >= 11 is 0. The molecule has 0 radical (unpaired) electrons. The van der Waals surface area contributed by atoms with E-state index in [1.165, 1.54) is 4.90 Å². The van der Waals surface area contributed by atoms with Gasteiger partial charge in [0.05, 0.1) is 18.3 Å². The molecule has 132 valence electrons. The second-order valence-corrected chi connectivity index (χ2v) is 5.57. The summed E-state index contributed by atoms with van der Waals surface area (Å²) < 4.78 is 10.8. The van der Waals surface area contributed by atoms with Gasteiger partial charge in [-0.05, 0) is 25.5 Å². The molecule has 0 aliphatic carbocycles. The van der Waals surface area contributed by atoms with Gasteiger partial charge in [-0.25, -0.2) is 4.79 Å². The first-order valence-electron chi connectivity index (χ1n) is 8.06. The van der Waals surface area contributed by atoms with Gasteiger partial charge in [-0.15, -0.1) is 0 Å². The highest BCUT2D eigenvalue weighted by Gasteiger charge is 2.36. The normalized spacial score (nSPS) is 20.7. The van der Waals surface area contributed by atoms with Crippen molar-refractivity contribution in [2.24, 2.45) is 0 Å². The predicted molar refractivity (Wildman–Crippen MR) is 86.1 cm³/mol. The largest absolute Gasteiger partial charge is 0.490 e. The highest BCUT2D eigenvalue weighted by atomic mass is 16.5. The van der Waals surface area contributed by atoms with Crippen LogP contribution in [0.5, 0.6) is 5.75 Å². The molecule has 1 saturated heterocycles. The molecule has 1 aliphatic heterocycles. The van der Waals surface area contributed by atoms with E-state index in [1.54, 1.807) is 24.3 Å². The van der Waals surface area contributed by atoms with Crippen LogP contribution in [0.2, 0.25) is 0 Å². The van der Waals surface area contributed by atoms with Gasteiger partial charge in [0.25, 0.3) is 5.91 Å². The lowest BCUT2D eigenvalue weighted by Crippen LogP contribution is -2.51. The van der Waals surface area contributed by atoms with Crippen LogP contribution in [-0.4, -0.2) is 65.5 Å². The standard InChI is InChI=1S/C17H23NO6/c1-2-23-9-10-24-15-6-4-3-5-13(15)16(20)18-8-7-12(19)11-14(18)17(21)22/h3-6,12,14,19H,2,7-11H2,1H3,(H,21,22)/t12-,14+/m1/s1. The minimum atomic E-state index is -1.11. The molecule has 2 rings (SSSR count). The van der Waals surface area contributed by atoms with Crippen molar-refractivity contribution < 1.29 is 29.3 Å². The Morgan fingerprint density at radius 1 is 1.29 bits per heavy atom. The van der Waals surface area contributed by atoms with Crippen molar-refractivity contribution in [1.29, 1.82) is 0 Å². The summed E-state index contributed by atoms with van der Waals surface area (Å²) in [4.78, 5) is 25.5. The molecule has 2 N–H and O–H groups in total. The van der Waals surface area contributed by atoms with Gasteiger partial charge in [-0.2, -0.15) is 0 Å². The summed E-state index contributed by atoms with van der Waals surface area (Å²) in [5.74, 6) is -1.12. The number of para-hydroxylation sites is 1. The summed E-state index contributed by atoms with van der Waals surface area (Å²) in [6.07, 6.45) is -0.301. The van der Waals surface area contributed by atoms with Crippen LogP contribution in [0, 0.1) is 0 Å². The van der Waals surface area contributed by atoms with E-state index in [4.69, 9.17) is 9.47 Å². The number of hydrogen-bond acceptors (Lipinski definition) is 5. The van der Waals surface area contributed by atoms with Gasteiger partial charge >= 0.3 is 5.97 Å². The van der Waals surface area contributed by atoms with Gasteiger partial charge in [0, 0.05) is 19.6 Å². The van der Waals surface area contributed by atoms with Crippen molar-refractivity contribution in [2.45, 2.75) is 31.9 Å². The zero-order valence-corrected chi connectivity index (χ0v) is 13.7. The Bertz CT molecular complexity index is 576. The number of aliphatic hydroxyl groups excluding tert-OH is 1. The highest BCUT2D eigenvalue weighted by Crippen LogP contribution is 2.25. The summed E-state index contributed by atoms with van der Waals surface area (Å²) in [6, 6.07) is 5.71. The van der Waals surface area contributed by atoms with Crippen molar-refractivity contribution in [3.8, 4) is 5.75 Å². The zero-order valence-electron chi connectivity index (χ0n) is 13.7. The third-order valence-electron chi connectivity index (χ3n) is 3.93. The quantitative estimate of drug-likeness (QED) is 0.725. The van der Waals surface area contributed by atoms with Crippen molar-refractivity contribution >= 4 is 11.9 Å². The van der Waals surface area contributed by atoms with Crippen molar-refractivity contribution in [3.63, 3.8) is 0 Å². The molecule has 7 heteroatoms. The van der Waals surface area contributed by atoms with E-state index in [0.29, 0.717) is 37.6 Å². The Kier molecular flexibility index (Phi) is 6.57. The molecule has 1 aromatic rings. The molecule has 0 spiro atoms. The van der Waals surface area contributed by atoms with Crippen LogP contribution < -0.4 is 4.74 Å². The number of hydrogen-bond donors (Lipinski definition) is 2. The van der Waals surface area contributed by atoms with Crippen LogP contribution in [0.15, 0.2) is 24.3 Å². The number of carboxylic acids is 1. The fourth-order valence-corrected chi connectivity index (χ4v) is 2.70. The maximum Gasteiger partial charge on any atom is 0.326 e. The van der Waals surface area contributed by atoms with E-state index in [1.807, 2.05) is 6.92 Å². The van der Waals surface area contributed by atoms with E-state index in [0.717, 1.165) is 0 Å². The van der Waals surface area contributed by atoms with Crippen LogP contribution in [0.1, 0.15) is 30.1 Å². The van der Waals surface area contributed by atoms with Gasteiger partial charge in [-0.1, -0.05) is 12.1 Å². The molecule has 1 fully saturated rings. The molecule has 2 atom stereocenters. The molecular weight excluding hydrogens is 314 g/mol. The SMILES string of the molecule is CCOCCOc1ccccc1C(=O)N1CC[C@@H](O)C[C@H]1C(=O)O. The second kappa shape index (κ2) is 8.65. The first-order chi connectivity index (χ1) is 11.5. The fraction of sp³-hybridized carbons (Fsp3) is 0.529. The molecule has 24 heavy (non-hydrogen) atoms. The number of carboxylic acid groups (broad SMARTS) is 1. The topological polar surface area (TPSA) is 96.3 Å². The molecular formula is C17H23NO6. The number of aliphatic hydroxyl groups is 1. The fourth-order valence-electron chi connectivity index (χ4n) is 2.70. The molecule has 0 unspecified atom stereocenters. The average molecular weight is 337 g/mol. The summed E-state index contributed by atoms with van der Waals surface area (Å²) in [5, 5.41) is 19.0. The summed E-state index contributed by atoms with van der Waals surface area (Å²) in [5.41, 5.74) is 0.316. The number of nitrogens with zero attached hydrogens (tertiary/aromatic N) is 1. The Morgan fingerprint density at radius 3 is 2.75 bits per heavy atom. The lowest BCUT2D eigenvalue weighted by Gasteiger charge is -2.35. The number of rotatable bonds is 7. The highest BCUT2D eigenvalue weighted by molar-refractivity contribution is 5.99. The van der Waals surface area contributed by atoms with Gasteiger partial charge in [0.1, 0.15) is 18.4 Å². The number of benzene rings is 1. The minimum absolute atomic E-state index is 0.0361. The number of piperidine rings is 1. The molecule has 0 saturated carbocycles. The first-order valence-corrected chi connectivity index (χ1v) is 8.06. The van der Waals surface area contributed by atoms with Crippen LogP contribution in [0.25, 0.3) is 0 Å². The average Bonchev–Trinajstić information content (AvgIpc) is 2.58. The molecule has 0 aromatic heterocycles. The maximum atomic E-state index is 12.8. The zero-order chi connectivity index (χ0) is 17.5. The van der Waals surface area contributed by atoms with Gasteiger partial charge < -0.3 is 24.6 Å².